The molecule has 1 fully saturated rings. The molecule has 0 saturated carbocycles. The Morgan fingerprint density at radius 3 is 2.81 bits per heavy atom. The number of hydrogen-bond donors (Lipinski definition) is 1. The summed E-state index contributed by atoms with van der Waals surface area (Å²) in [5.41, 5.74) is 6.05. The summed E-state index contributed by atoms with van der Waals surface area (Å²) in [6, 6.07) is 0. The van der Waals surface area contributed by atoms with E-state index in [2.05, 4.69) is 21.8 Å². The van der Waals surface area contributed by atoms with E-state index in [0.717, 1.165) is 25.3 Å². The van der Waals surface area contributed by atoms with Crippen molar-refractivity contribution in [2.45, 2.75) is 25.8 Å². The second-order valence-corrected chi connectivity index (χ2v) is 4.22. The lowest BCUT2D eigenvalue weighted by Crippen LogP contribution is -2.67. The number of rotatable bonds is 4. The molecule has 2 rings (SSSR count). The highest BCUT2D eigenvalue weighted by atomic mass is 16.5. The van der Waals surface area contributed by atoms with Gasteiger partial charge < -0.3 is 15.4 Å². The first-order valence-electron chi connectivity index (χ1n) is 5.65. The molecule has 1 saturated heterocycles. The minimum Gasteiger partial charge on any atom is -0.477 e. The molecule has 0 amide bonds. The van der Waals surface area contributed by atoms with Gasteiger partial charge in [0.1, 0.15) is 0 Å². The van der Waals surface area contributed by atoms with Crippen LogP contribution < -0.4 is 15.4 Å². The van der Waals surface area contributed by atoms with E-state index in [1.165, 1.54) is 0 Å². The second-order valence-electron chi connectivity index (χ2n) is 4.22. The van der Waals surface area contributed by atoms with Crippen molar-refractivity contribution >= 4 is 5.82 Å². The lowest BCUT2D eigenvalue weighted by Gasteiger charge is -2.47. The topological polar surface area (TPSA) is 64.3 Å². The Bertz CT molecular complexity index is 363. The Kier molecular flexibility index (Phi) is 2.96. The molecular weight excluding hydrogens is 204 g/mol. The first-order chi connectivity index (χ1) is 7.67. The Hall–Kier alpha value is -1.36. The summed E-state index contributed by atoms with van der Waals surface area (Å²) in [5.74, 6) is 1.42. The van der Waals surface area contributed by atoms with Crippen LogP contribution in [0.15, 0.2) is 12.4 Å². The fraction of sp³-hybridized carbons (Fsp3) is 0.636. The molecule has 5 heteroatoms. The summed E-state index contributed by atoms with van der Waals surface area (Å²) < 4.78 is 5.31. The minimum atomic E-state index is -0.0523. The van der Waals surface area contributed by atoms with Gasteiger partial charge in [0, 0.05) is 13.1 Å². The van der Waals surface area contributed by atoms with Gasteiger partial charge in [-0.2, -0.15) is 4.98 Å². The third-order valence-corrected chi connectivity index (χ3v) is 2.93. The first-order valence-corrected chi connectivity index (χ1v) is 5.65. The molecule has 2 heterocycles. The van der Waals surface area contributed by atoms with Crippen molar-refractivity contribution in [2.75, 3.05) is 24.6 Å². The normalized spacial score (nSPS) is 18.1. The van der Waals surface area contributed by atoms with Crippen LogP contribution in [0.25, 0.3) is 0 Å². The van der Waals surface area contributed by atoms with Crippen LogP contribution >= 0.6 is 0 Å². The number of nitrogens with zero attached hydrogens (tertiary/aromatic N) is 3. The van der Waals surface area contributed by atoms with Gasteiger partial charge in [-0.3, -0.25) is 4.98 Å². The molecule has 88 valence electrons. The molecule has 16 heavy (non-hydrogen) atoms. The van der Waals surface area contributed by atoms with E-state index in [1.54, 1.807) is 12.4 Å². The maximum absolute atomic E-state index is 6.11. The Morgan fingerprint density at radius 2 is 2.19 bits per heavy atom. The van der Waals surface area contributed by atoms with Gasteiger partial charge in [0.05, 0.1) is 24.5 Å². The average Bonchev–Trinajstić information content (AvgIpc) is 2.26. The quantitative estimate of drug-likeness (QED) is 0.816. The van der Waals surface area contributed by atoms with Crippen molar-refractivity contribution in [2.24, 2.45) is 5.73 Å². The SMILES string of the molecule is CCOc1cncc(N2CC(N)(CC)C2)n1. The molecule has 1 aliphatic rings. The minimum absolute atomic E-state index is 0.0523. The third kappa shape index (κ3) is 2.09. The highest BCUT2D eigenvalue weighted by Crippen LogP contribution is 2.26. The van der Waals surface area contributed by atoms with Crippen molar-refractivity contribution in [3.05, 3.63) is 12.4 Å². The van der Waals surface area contributed by atoms with Gasteiger partial charge in [0.25, 0.3) is 0 Å². The van der Waals surface area contributed by atoms with Gasteiger partial charge in [-0.1, -0.05) is 6.92 Å². The zero-order valence-electron chi connectivity index (χ0n) is 9.81. The lowest BCUT2D eigenvalue weighted by molar-refractivity contribution is 0.310. The highest BCUT2D eigenvalue weighted by Gasteiger charge is 2.38. The molecule has 1 aromatic rings. The molecule has 5 nitrogen and oxygen atoms in total. The number of ether oxygens (including phenoxy) is 1. The fourth-order valence-corrected chi connectivity index (χ4v) is 1.81. The van der Waals surface area contributed by atoms with Crippen LogP contribution in [0.1, 0.15) is 20.3 Å². The Labute approximate surface area is 95.6 Å². The van der Waals surface area contributed by atoms with Crippen molar-refractivity contribution in [1.29, 1.82) is 0 Å². The zero-order valence-corrected chi connectivity index (χ0v) is 9.81. The van der Waals surface area contributed by atoms with E-state index in [-0.39, 0.29) is 5.54 Å². The average molecular weight is 222 g/mol. The molecule has 0 atom stereocenters. The molecule has 0 aromatic carbocycles. The molecular formula is C11H18N4O. The van der Waals surface area contributed by atoms with Crippen molar-refractivity contribution in [3.8, 4) is 5.88 Å². The van der Waals surface area contributed by atoms with Gasteiger partial charge >= 0.3 is 0 Å². The molecule has 0 spiro atoms. The largest absolute Gasteiger partial charge is 0.477 e. The zero-order chi connectivity index (χ0) is 11.6. The van der Waals surface area contributed by atoms with Gasteiger partial charge in [-0.05, 0) is 13.3 Å². The van der Waals surface area contributed by atoms with Crippen LogP contribution in [0, 0.1) is 0 Å². The first kappa shape index (κ1) is 11.1. The van der Waals surface area contributed by atoms with Gasteiger partial charge in [0.15, 0.2) is 5.82 Å². The summed E-state index contributed by atoms with van der Waals surface area (Å²) in [6.07, 6.45) is 4.36. The van der Waals surface area contributed by atoms with Crippen LogP contribution in [0.5, 0.6) is 5.88 Å². The number of aromatic nitrogens is 2. The number of anilines is 1. The predicted molar refractivity (Wildman–Crippen MR) is 62.6 cm³/mol. The maximum atomic E-state index is 6.11. The standard InChI is InChI=1S/C11H18N4O/c1-3-11(12)7-15(8-11)9-5-13-6-10(14-9)16-4-2/h5-6H,3-4,7-8,12H2,1-2H3. The Balaban J connectivity index is 2.03. The van der Waals surface area contributed by atoms with E-state index in [1.807, 2.05) is 6.92 Å². The van der Waals surface area contributed by atoms with Crippen molar-refractivity contribution in [1.82, 2.24) is 9.97 Å². The monoisotopic (exact) mass is 222 g/mol. The highest BCUT2D eigenvalue weighted by molar-refractivity contribution is 5.43. The van der Waals surface area contributed by atoms with E-state index < -0.39 is 0 Å². The van der Waals surface area contributed by atoms with Crippen LogP contribution in [-0.2, 0) is 0 Å². The molecule has 0 radical (unpaired) electrons. The van der Waals surface area contributed by atoms with Crippen LogP contribution in [0.2, 0.25) is 0 Å². The van der Waals surface area contributed by atoms with Crippen LogP contribution in [-0.4, -0.2) is 35.2 Å². The van der Waals surface area contributed by atoms with Crippen molar-refractivity contribution < 1.29 is 4.74 Å². The Morgan fingerprint density at radius 1 is 1.44 bits per heavy atom. The summed E-state index contributed by atoms with van der Waals surface area (Å²) >= 11 is 0. The lowest BCUT2D eigenvalue weighted by atomic mass is 9.88. The van der Waals surface area contributed by atoms with Crippen molar-refractivity contribution in [3.63, 3.8) is 0 Å². The molecule has 1 aromatic heterocycles. The second kappa shape index (κ2) is 4.25. The number of nitrogens with two attached hydrogens (primary N) is 1. The summed E-state index contributed by atoms with van der Waals surface area (Å²) in [4.78, 5) is 10.6. The molecule has 2 N–H and O–H groups in total. The van der Waals surface area contributed by atoms with Crippen LogP contribution in [0.4, 0.5) is 5.82 Å². The van der Waals surface area contributed by atoms with Gasteiger partial charge in [0.2, 0.25) is 5.88 Å². The van der Waals surface area contributed by atoms with Gasteiger partial charge in [-0.15, -0.1) is 0 Å². The van der Waals surface area contributed by atoms with Gasteiger partial charge in [-0.25, -0.2) is 0 Å². The maximum Gasteiger partial charge on any atom is 0.234 e. The third-order valence-electron chi connectivity index (χ3n) is 2.93. The summed E-state index contributed by atoms with van der Waals surface area (Å²) in [7, 11) is 0. The summed E-state index contributed by atoms with van der Waals surface area (Å²) in [5, 5.41) is 0. The van der Waals surface area contributed by atoms with E-state index in [0.29, 0.717) is 12.5 Å². The summed E-state index contributed by atoms with van der Waals surface area (Å²) in [6.45, 7) is 6.33. The molecule has 0 bridgehead atoms. The molecule has 0 unspecified atom stereocenters. The number of hydrogen-bond acceptors (Lipinski definition) is 5. The predicted octanol–water partition coefficient (Wildman–Crippen LogP) is 0.803. The van der Waals surface area contributed by atoms with E-state index in [4.69, 9.17) is 10.5 Å². The van der Waals surface area contributed by atoms with E-state index >= 15 is 0 Å². The molecule has 0 aliphatic carbocycles. The van der Waals surface area contributed by atoms with Crippen LogP contribution in [0.3, 0.4) is 0 Å². The van der Waals surface area contributed by atoms with E-state index in [9.17, 15) is 0 Å². The molecule has 1 aliphatic heterocycles. The smallest absolute Gasteiger partial charge is 0.234 e. The fourth-order valence-electron chi connectivity index (χ4n) is 1.81.